The molecule has 18 heavy (non-hydrogen) atoms. The number of fused-ring (bicyclic) bond motifs is 1. The van der Waals surface area contributed by atoms with Crippen LogP contribution in [0, 0.1) is 0 Å². The van der Waals surface area contributed by atoms with E-state index in [4.69, 9.17) is 11.6 Å². The monoisotopic (exact) mass is 279 g/mol. The van der Waals surface area contributed by atoms with E-state index in [-0.39, 0.29) is 5.91 Å². The molecule has 1 amide bonds. The predicted octanol–water partition coefficient (Wildman–Crippen LogP) is 2.93. The van der Waals surface area contributed by atoms with Gasteiger partial charge in [0, 0.05) is 4.88 Å². The molecule has 0 aliphatic heterocycles. The van der Waals surface area contributed by atoms with Crippen LogP contribution < -0.4 is 5.32 Å². The lowest BCUT2D eigenvalue weighted by molar-refractivity contribution is 0.103. The van der Waals surface area contributed by atoms with E-state index in [0.717, 1.165) is 17.7 Å². The maximum atomic E-state index is 12.0. The Hall–Kier alpha value is -1.46. The van der Waals surface area contributed by atoms with Crippen molar-refractivity contribution in [1.29, 1.82) is 0 Å². The van der Waals surface area contributed by atoms with Gasteiger partial charge in [-0.1, -0.05) is 11.6 Å². The van der Waals surface area contributed by atoms with Crippen LogP contribution in [0.4, 0.5) is 5.82 Å². The molecule has 0 fully saturated rings. The minimum Gasteiger partial charge on any atom is -0.304 e. The first-order valence-electron chi connectivity index (χ1n) is 5.64. The van der Waals surface area contributed by atoms with E-state index in [1.54, 1.807) is 23.5 Å². The molecule has 6 heteroatoms. The lowest BCUT2D eigenvalue weighted by Gasteiger charge is -2.01. The number of halogens is 1. The number of hydrogen-bond donors (Lipinski definition) is 1. The highest BCUT2D eigenvalue weighted by Gasteiger charge is 2.18. The first-order valence-corrected chi connectivity index (χ1v) is 6.84. The van der Waals surface area contributed by atoms with Crippen molar-refractivity contribution in [2.24, 2.45) is 0 Å². The summed E-state index contributed by atoms with van der Waals surface area (Å²) in [5, 5.41) is 10.5. The Bertz CT molecular complexity index is 572. The van der Waals surface area contributed by atoms with E-state index in [1.165, 1.54) is 16.9 Å². The number of hydrogen-bond acceptors (Lipinski definition) is 4. The van der Waals surface area contributed by atoms with Crippen LogP contribution in [0.2, 0.25) is 5.15 Å². The number of anilines is 1. The number of aryl methyl sites for hydroxylation is 2. The second-order valence-corrected chi connectivity index (χ2v) is 5.63. The summed E-state index contributed by atoms with van der Waals surface area (Å²) in [6.45, 7) is 0. The number of nitrogens with zero attached hydrogens (tertiary/aromatic N) is 2. The van der Waals surface area contributed by atoms with Crippen LogP contribution in [0.25, 0.3) is 0 Å². The molecule has 0 aromatic carbocycles. The maximum absolute atomic E-state index is 12.0. The Balaban J connectivity index is 1.76. The number of aromatic nitrogens is 2. The Labute approximate surface area is 113 Å². The van der Waals surface area contributed by atoms with Crippen molar-refractivity contribution in [2.75, 3.05) is 5.32 Å². The van der Waals surface area contributed by atoms with Gasteiger partial charge in [-0.2, -0.15) is 0 Å². The summed E-state index contributed by atoms with van der Waals surface area (Å²) in [4.78, 5) is 14.1. The van der Waals surface area contributed by atoms with E-state index in [9.17, 15) is 4.79 Å². The van der Waals surface area contributed by atoms with Crippen molar-refractivity contribution >= 4 is 34.7 Å². The highest BCUT2D eigenvalue weighted by Crippen LogP contribution is 2.30. The molecule has 2 aromatic rings. The second kappa shape index (κ2) is 4.66. The largest absolute Gasteiger partial charge is 0.304 e. The molecule has 0 saturated heterocycles. The van der Waals surface area contributed by atoms with Crippen LogP contribution in [0.3, 0.4) is 0 Å². The zero-order chi connectivity index (χ0) is 12.5. The predicted molar refractivity (Wildman–Crippen MR) is 71.3 cm³/mol. The average molecular weight is 280 g/mol. The molecule has 0 unspecified atom stereocenters. The molecule has 0 radical (unpaired) electrons. The minimum atomic E-state index is -0.133. The van der Waals surface area contributed by atoms with Crippen molar-refractivity contribution in [2.45, 2.75) is 19.3 Å². The van der Waals surface area contributed by atoms with Gasteiger partial charge >= 0.3 is 0 Å². The van der Waals surface area contributed by atoms with E-state index in [1.807, 2.05) is 6.07 Å². The van der Waals surface area contributed by atoms with Crippen molar-refractivity contribution in [3.63, 3.8) is 0 Å². The van der Waals surface area contributed by atoms with Crippen molar-refractivity contribution in [1.82, 2.24) is 10.2 Å². The third-order valence-corrected chi connectivity index (χ3v) is 4.28. The summed E-state index contributed by atoms with van der Waals surface area (Å²) < 4.78 is 0. The Morgan fingerprint density at radius 2 is 2.22 bits per heavy atom. The summed E-state index contributed by atoms with van der Waals surface area (Å²) in [5.74, 6) is 0.281. The molecular formula is C12H10ClN3OS. The number of nitrogens with one attached hydrogen (secondary N) is 1. The fraction of sp³-hybridized carbons (Fsp3) is 0.250. The molecular weight excluding hydrogens is 270 g/mol. The third kappa shape index (κ3) is 2.23. The van der Waals surface area contributed by atoms with E-state index in [2.05, 4.69) is 15.5 Å². The highest BCUT2D eigenvalue weighted by atomic mass is 35.5. The number of carbonyl (C=O) groups excluding carboxylic acids is 1. The first-order chi connectivity index (χ1) is 8.72. The second-order valence-electron chi connectivity index (χ2n) is 4.11. The number of amides is 1. The third-order valence-electron chi connectivity index (χ3n) is 2.84. The summed E-state index contributed by atoms with van der Waals surface area (Å²) in [6.07, 6.45) is 3.37. The zero-order valence-corrected chi connectivity index (χ0v) is 11.0. The molecule has 1 aliphatic rings. The van der Waals surface area contributed by atoms with Gasteiger partial charge in [0.15, 0.2) is 11.0 Å². The van der Waals surface area contributed by atoms with Crippen LogP contribution in [-0.4, -0.2) is 16.1 Å². The molecule has 92 valence electrons. The van der Waals surface area contributed by atoms with Crippen molar-refractivity contribution in [3.05, 3.63) is 38.7 Å². The fourth-order valence-corrected chi connectivity index (χ4v) is 3.25. The average Bonchev–Trinajstić information content (AvgIpc) is 2.92. The molecule has 0 spiro atoms. The van der Waals surface area contributed by atoms with Crippen molar-refractivity contribution in [3.8, 4) is 0 Å². The van der Waals surface area contributed by atoms with E-state index >= 15 is 0 Å². The normalized spacial score (nSPS) is 13.4. The molecule has 3 rings (SSSR count). The fourth-order valence-electron chi connectivity index (χ4n) is 2.00. The number of rotatable bonds is 2. The summed E-state index contributed by atoms with van der Waals surface area (Å²) in [5.41, 5.74) is 1.31. The molecule has 2 heterocycles. The van der Waals surface area contributed by atoms with Crippen LogP contribution in [0.5, 0.6) is 0 Å². The van der Waals surface area contributed by atoms with Gasteiger partial charge in [-0.15, -0.1) is 21.5 Å². The quantitative estimate of drug-likeness (QED) is 0.919. The van der Waals surface area contributed by atoms with Crippen LogP contribution in [0.1, 0.15) is 26.5 Å². The van der Waals surface area contributed by atoms with Gasteiger partial charge in [0.25, 0.3) is 5.91 Å². The van der Waals surface area contributed by atoms with Gasteiger partial charge < -0.3 is 5.32 Å². The highest BCUT2D eigenvalue weighted by molar-refractivity contribution is 7.14. The summed E-state index contributed by atoms with van der Waals surface area (Å²) in [6, 6.07) is 5.21. The van der Waals surface area contributed by atoms with Crippen LogP contribution in [-0.2, 0) is 12.8 Å². The molecule has 1 aliphatic carbocycles. The molecule has 2 aromatic heterocycles. The standard InChI is InChI=1S/C12H10ClN3OS/c13-10-4-5-11(16-15-10)14-12(17)9-6-7-2-1-3-8(7)18-9/h4-6H,1-3H2,(H,14,16,17). The molecule has 0 bridgehead atoms. The lowest BCUT2D eigenvalue weighted by atomic mass is 10.2. The Morgan fingerprint density at radius 1 is 1.33 bits per heavy atom. The van der Waals surface area contributed by atoms with Gasteiger partial charge in [0.1, 0.15) is 0 Å². The van der Waals surface area contributed by atoms with E-state index in [0.29, 0.717) is 11.0 Å². The zero-order valence-electron chi connectivity index (χ0n) is 9.44. The molecule has 1 N–H and O–H groups in total. The van der Waals surface area contributed by atoms with Gasteiger partial charge in [0.05, 0.1) is 4.88 Å². The van der Waals surface area contributed by atoms with Gasteiger partial charge in [0.2, 0.25) is 0 Å². The topological polar surface area (TPSA) is 54.9 Å². The van der Waals surface area contributed by atoms with Gasteiger partial charge in [-0.25, -0.2) is 0 Å². The maximum Gasteiger partial charge on any atom is 0.266 e. The smallest absolute Gasteiger partial charge is 0.266 e. The molecule has 0 atom stereocenters. The van der Waals surface area contributed by atoms with Crippen LogP contribution >= 0.6 is 22.9 Å². The molecule has 0 saturated carbocycles. The van der Waals surface area contributed by atoms with Crippen molar-refractivity contribution < 1.29 is 4.79 Å². The summed E-state index contributed by atoms with van der Waals surface area (Å²) in [7, 11) is 0. The number of carbonyl (C=O) groups is 1. The Morgan fingerprint density at radius 3 is 2.94 bits per heavy atom. The molecule has 4 nitrogen and oxygen atoms in total. The first kappa shape index (κ1) is 11.6. The SMILES string of the molecule is O=C(Nc1ccc(Cl)nn1)c1cc2c(s1)CCC2. The summed E-state index contributed by atoms with van der Waals surface area (Å²) >= 11 is 7.20. The van der Waals surface area contributed by atoms with Gasteiger partial charge in [-0.3, -0.25) is 4.79 Å². The lowest BCUT2D eigenvalue weighted by Crippen LogP contribution is -2.11. The minimum absolute atomic E-state index is 0.133. The van der Waals surface area contributed by atoms with Gasteiger partial charge in [-0.05, 0) is 43.0 Å². The van der Waals surface area contributed by atoms with E-state index < -0.39 is 0 Å². The number of thiophene rings is 1. The van der Waals surface area contributed by atoms with Crippen LogP contribution in [0.15, 0.2) is 18.2 Å². The Kier molecular flexibility index (Phi) is 3.01.